The van der Waals surface area contributed by atoms with Crippen molar-refractivity contribution in [2.75, 3.05) is 0 Å². The quantitative estimate of drug-likeness (QED) is 0.412. The lowest BCUT2D eigenvalue weighted by Crippen LogP contribution is -2.45. The van der Waals surface area contributed by atoms with Crippen molar-refractivity contribution in [2.24, 2.45) is 5.92 Å². The number of hydrogen-bond acceptors (Lipinski definition) is 6. The average Bonchev–Trinajstić information content (AvgIpc) is 2.61. The first-order valence-corrected chi connectivity index (χ1v) is 9.22. The maximum atomic E-state index is 12.9. The van der Waals surface area contributed by atoms with Gasteiger partial charge < -0.3 is 20.5 Å². The van der Waals surface area contributed by atoms with Gasteiger partial charge in [0, 0.05) is 11.8 Å². The van der Waals surface area contributed by atoms with Crippen LogP contribution in [0.25, 0.3) is 0 Å². The number of phenolic OH excluding ortho intramolecular Hbond substituents is 1. The van der Waals surface area contributed by atoms with Crippen molar-refractivity contribution in [2.45, 2.75) is 51.7 Å². The summed E-state index contributed by atoms with van der Waals surface area (Å²) in [5.41, 5.74) is 0.329. The van der Waals surface area contributed by atoms with E-state index >= 15 is 0 Å². The first kappa shape index (κ1) is 19.7. The number of carbonyl (C=O) groups excluding carboxylic acids is 2. The molecule has 0 spiro atoms. The number of nitro benzene ring substituents is 1. The zero-order valence-corrected chi connectivity index (χ0v) is 15.7. The van der Waals surface area contributed by atoms with E-state index in [0.29, 0.717) is 17.2 Å². The van der Waals surface area contributed by atoms with Crippen LogP contribution in [-0.2, 0) is 9.53 Å². The lowest BCUT2D eigenvalue weighted by Gasteiger charge is -2.31. The van der Waals surface area contributed by atoms with Crippen LogP contribution in [0.4, 0.5) is 10.5 Å². The van der Waals surface area contributed by atoms with E-state index < -0.39 is 34.4 Å². The van der Waals surface area contributed by atoms with Crippen LogP contribution < -0.4 is 10.6 Å². The number of phenols is 1. The van der Waals surface area contributed by atoms with E-state index in [0.717, 1.165) is 31.7 Å². The number of urea groups is 1. The number of allylic oxidation sites excluding steroid dienone is 1. The Morgan fingerprint density at radius 1 is 1.36 bits per heavy atom. The minimum Gasteiger partial charge on any atom is -0.502 e. The van der Waals surface area contributed by atoms with E-state index in [2.05, 4.69) is 17.6 Å². The van der Waals surface area contributed by atoms with Crippen molar-refractivity contribution >= 4 is 17.7 Å². The Hall–Kier alpha value is -3.10. The van der Waals surface area contributed by atoms with Crippen LogP contribution in [0.2, 0.25) is 0 Å². The molecule has 3 atom stereocenters. The second-order valence-electron chi connectivity index (χ2n) is 7.37. The van der Waals surface area contributed by atoms with Gasteiger partial charge in [0.2, 0.25) is 0 Å². The summed E-state index contributed by atoms with van der Waals surface area (Å²) in [5, 5.41) is 26.0. The normalized spacial score (nSPS) is 24.9. The van der Waals surface area contributed by atoms with Crippen molar-refractivity contribution in [1.29, 1.82) is 0 Å². The number of benzene rings is 1. The molecule has 9 heteroatoms. The Kier molecular flexibility index (Phi) is 5.53. The number of nitrogens with one attached hydrogen (secondary N) is 2. The van der Waals surface area contributed by atoms with Gasteiger partial charge in [-0.05, 0) is 43.7 Å². The van der Waals surface area contributed by atoms with Crippen LogP contribution in [0.5, 0.6) is 5.75 Å². The van der Waals surface area contributed by atoms with Gasteiger partial charge in [-0.2, -0.15) is 0 Å². The maximum Gasteiger partial charge on any atom is 0.338 e. The summed E-state index contributed by atoms with van der Waals surface area (Å²) in [7, 11) is 0. The molecule has 28 heavy (non-hydrogen) atoms. The number of carbonyl (C=O) groups is 2. The number of aromatic hydroxyl groups is 1. The highest BCUT2D eigenvalue weighted by Crippen LogP contribution is 2.34. The van der Waals surface area contributed by atoms with E-state index in [1.165, 1.54) is 12.1 Å². The Morgan fingerprint density at radius 3 is 2.79 bits per heavy atom. The van der Waals surface area contributed by atoms with Crippen LogP contribution in [0, 0.1) is 16.0 Å². The van der Waals surface area contributed by atoms with Crippen LogP contribution in [-0.4, -0.2) is 28.1 Å². The molecule has 1 aromatic rings. The number of nitrogens with zero attached hydrogens (tertiary/aromatic N) is 1. The van der Waals surface area contributed by atoms with Crippen molar-refractivity contribution in [3.8, 4) is 5.75 Å². The predicted octanol–water partition coefficient (Wildman–Crippen LogP) is 3.05. The third-order valence-electron chi connectivity index (χ3n) is 5.18. The fraction of sp³-hybridized carbons (Fsp3) is 0.474. The largest absolute Gasteiger partial charge is 0.502 e. The summed E-state index contributed by atoms with van der Waals surface area (Å²) in [4.78, 5) is 35.3. The van der Waals surface area contributed by atoms with Crippen LogP contribution >= 0.6 is 0 Å². The molecule has 0 saturated heterocycles. The molecule has 0 aromatic heterocycles. The van der Waals surface area contributed by atoms with Crippen molar-refractivity contribution < 1.29 is 24.4 Å². The van der Waals surface area contributed by atoms with Gasteiger partial charge >= 0.3 is 17.7 Å². The Labute approximate surface area is 161 Å². The monoisotopic (exact) mass is 389 g/mol. The van der Waals surface area contributed by atoms with E-state index in [1.807, 2.05) is 0 Å². The highest BCUT2D eigenvalue weighted by molar-refractivity contribution is 5.95. The van der Waals surface area contributed by atoms with Crippen LogP contribution in [0.15, 0.2) is 29.5 Å². The molecule has 150 valence electrons. The summed E-state index contributed by atoms with van der Waals surface area (Å²) >= 11 is 0. The Bertz CT molecular complexity index is 850. The molecule has 1 aromatic carbocycles. The van der Waals surface area contributed by atoms with Gasteiger partial charge in [0.25, 0.3) is 0 Å². The molecule has 0 unspecified atom stereocenters. The molecule has 3 rings (SSSR count). The van der Waals surface area contributed by atoms with Gasteiger partial charge in [0.05, 0.1) is 16.5 Å². The zero-order chi connectivity index (χ0) is 20.4. The minimum absolute atomic E-state index is 0.191. The molecule has 1 aliphatic carbocycles. The highest BCUT2D eigenvalue weighted by Gasteiger charge is 2.35. The van der Waals surface area contributed by atoms with Crippen molar-refractivity contribution in [3.63, 3.8) is 0 Å². The van der Waals surface area contributed by atoms with E-state index in [4.69, 9.17) is 4.74 Å². The lowest BCUT2D eigenvalue weighted by atomic mass is 9.88. The van der Waals surface area contributed by atoms with Gasteiger partial charge in [-0.3, -0.25) is 10.1 Å². The molecule has 2 aliphatic rings. The summed E-state index contributed by atoms with van der Waals surface area (Å²) in [6.07, 6.45) is 3.47. The zero-order valence-electron chi connectivity index (χ0n) is 15.7. The second-order valence-corrected chi connectivity index (χ2v) is 7.37. The van der Waals surface area contributed by atoms with E-state index in [1.54, 1.807) is 6.92 Å². The Balaban J connectivity index is 1.91. The van der Waals surface area contributed by atoms with Gasteiger partial charge in [-0.1, -0.05) is 19.4 Å². The van der Waals surface area contributed by atoms with Crippen molar-refractivity contribution in [3.05, 3.63) is 45.1 Å². The SMILES string of the molecule is CC1=C(C(=O)O[C@H]2CCC[C@H](C)C2)[C@@H](c2ccc(O)c([N+](=O)[O-])c2)NC(=O)N1. The first-order chi connectivity index (χ1) is 13.3. The number of hydrogen-bond donors (Lipinski definition) is 3. The number of rotatable bonds is 4. The topological polar surface area (TPSA) is 131 Å². The fourth-order valence-corrected chi connectivity index (χ4v) is 3.78. The highest BCUT2D eigenvalue weighted by atomic mass is 16.6. The lowest BCUT2D eigenvalue weighted by molar-refractivity contribution is -0.385. The average molecular weight is 389 g/mol. The minimum atomic E-state index is -0.915. The smallest absolute Gasteiger partial charge is 0.338 e. The van der Waals surface area contributed by atoms with E-state index in [-0.39, 0.29) is 11.7 Å². The number of nitro groups is 1. The van der Waals surface area contributed by atoms with E-state index in [9.17, 15) is 24.8 Å². The molecule has 1 saturated carbocycles. The van der Waals surface area contributed by atoms with Gasteiger partial charge in [-0.25, -0.2) is 9.59 Å². The molecule has 9 nitrogen and oxygen atoms in total. The molecule has 1 heterocycles. The molecular formula is C19H23N3O6. The van der Waals surface area contributed by atoms with Gasteiger partial charge in [0.15, 0.2) is 5.75 Å². The summed E-state index contributed by atoms with van der Waals surface area (Å²) in [5.74, 6) is -0.582. The summed E-state index contributed by atoms with van der Waals surface area (Å²) in [6.45, 7) is 3.70. The molecule has 0 radical (unpaired) electrons. The van der Waals surface area contributed by atoms with Crippen LogP contribution in [0.3, 0.4) is 0 Å². The number of esters is 1. The summed E-state index contributed by atoms with van der Waals surface area (Å²) in [6, 6.07) is 2.31. The molecule has 3 N–H and O–H groups in total. The van der Waals surface area contributed by atoms with Gasteiger partial charge in [-0.15, -0.1) is 0 Å². The third kappa shape index (κ3) is 4.08. The number of amides is 2. The fourth-order valence-electron chi connectivity index (χ4n) is 3.78. The second kappa shape index (κ2) is 7.87. The molecule has 1 aliphatic heterocycles. The standard InChI is InChI=1S/C19H23N3O6/c1-10-4-3-5-13(8-10)28-18(24)16-11(2)20-19(25)21-17(16)12-6-7-15(23)14(9-12)22(26)27/h6-7,9-10,13,17,23H,3-5,8H2,1-2H3,(H2,20,21,25)/t10-,13-,17+/m0/s1. The number of ether oxygens (including phenoxy) is 1. The summed E-state index contributed by atoms with van der Waals surface area (Å²) < 4.78 is 5.69. The van der Waals surface area contributed by atoms with Gasteiger partial charge in [0.1, 0.15) is 6.10 Å². The first-order valence-electron chi connectivity index (χ1n) is 9.22. The molecule has 1 fully saturated rings. The third-order valence-corrected chi connectivity index (χ3v) is 5.18. The van der Waals surface area contributed by atoms with Crippen LogP contribution in [0.1, 0.15) is 51.1 Å². The van der Waals surface area contributed by atoms with Crippen molar-refractivity contribution in [1.82, 2.24) is 10.6 Å². The Morgan fingerprint density at radius 2 is 2.11 bits per heavy atom. The molecule has 2 amide bonds. The molecule has 0 bridgehead atoms. The maximum absolute atomic E-state index is 12.9. The predicted molar refractivity (Wildman–Crippen MR) is 99.4 cm³/mol. The molecular weight excluding hydrogens is 366 g/mol.